The van der Waals surface area contributed by atoms with Crippen molar-refractivity contribution in [1.82, 2.24) is 18.3 Å². The Kier molecular flexibility index (Phi) is 4.14. The molecule has 2 aliphatic heterocycles. The monoisotopic (exact) mass is 510 g/mol. The zero-order valence-corrected chi connectivity index (χ0v) is 20.6. The van der Waals surface area contributed by atoms with Gasteiger partial charge in [0.15, 0.2) is 23.0 Å². The maximum Gasteiger partial charge on any atom is 0.335 e. The molecule has 0 saturated heterocycles. The molecule has 3 aromatic carbocycles. The normalized spacial score (nSPS) is 12.9. The molecule has 188 valence electrons. The van der Waals surface area contributed by atoms with Crippen LogP contribution < -0.4 is 31.6 Å². The molecule has 12 nitrogen and oxygen atoms in total. The minimum Gasteiger partial charge on any atom is -0.453 e. The SMILES string of the molecule is CC(=O)n1c(=O)n(C)c2cc3c(cc21)N=c1cc2c(cc1O3)=Nc1cc3c(cc1O2)n(C)c(=O)n3C(C)=O. The lowest BCUT2D eigenvalue weighted by Crippen LogP contribution is -2.25. The molecule has 0 atom stereocenters. The largest absolute Gasteiger partial charge is 0.453 e. The number of hydrogen-bond acceptors (Lipinski definition) is 8. The summed E-state index contributed by atoms with van der Waals surface area (Å²) in [6.07, 6.45) is 0. The lowest BCUT2D eigenvalue weighted by atomic mass is 10.2. The molecule has 5 aromatic rings. The third kappa shape index (κ3) is 2.79. The fourth-order valence-corrected chi connectivity index (χ4v) is 5.02. The molecular weight excluding hydrogens is 492 g/mol. The smallest absolute Gasteiger partial charge is 0.335 e. The van der Waals surface area contributed by atoms with E-state index in [2.05, 4.69) is 0 Å². The quantitative estimate of drug-likeness (QED) is 0.308. The topological polar surface area (TPSA) is 131 Å². The Morgan fingerprint density at radius 1 is 0.605 bits per heavy atom. The van der Waals surface area contributed by atoms with E-state index in [1.165, 1.54) is 23.0 Å². The van der Waals surface area contributed by atoms with Crippen molar-refractivity contribution in [1.29, 1.82) is 0 Å². The van der Waals surface area contributed by atoms with Crippen LogP contribution >= 0.6 is 0 Å². The van der Waals surface area contributed by atoms with E-state index in [4.69, 9.17) is 19.5 Å². The first kappa shape index (κ1) is 22.0. The van der Waals surface area contributed by atoms with Crippen LogP contribution in [0.1, 0.15) is 23.4 Å². The molecule has 0 unspecified atom stereocenters. The van der Waals surface area contributed by atoms with Crippen LogP contribution in [-0.2, 0) is 14.1 Å². The molecule has 0 spiro atoms. The van der Waals surface area contributed by atoms with Crippen LogP contribution in [0.2, 0.25) is 0 Å². The van der Waals surface area contributed by atoms with Crippen LogP contribution in [-0.4, -0.2) is 30.1 Å². The number of fused-ring (bicyclic) bond motifs is 6. The summed E-state index contributed by atoms with van der Waals surface area (Å²) in [5.41, 5.74) is 1.96. The Balaban J connectivity index is 1.41. The van der Waals surface area contributed by atoms with E-state index in [1.54, 1.807) is 50.5 Å². The van der Waals surface area contributed by atoms with Crippen molar-refractivity contribution < 1.29 is 19.1 Å². The highest BCUT2D eigenvalue weighted by atomic mass is 16.5. The summed E-state index contributed by atoms with van der Waals surface area (Å²) >= 11 is 0. The third-order valence-corrected chi connectivity index (χ3v) is 6.87. The van der Waals surface area contributed by atoms with Crippen molar-refractivity contribution in [3.8, 4) is 23.0 Å². The van der Waals surface area contributed by atoms with Gasteiger partial charge in [0.2, 0.25) is 11.8 Å². The van der Waals surface area contributed by atoms with E-state index in [-0.39, 0.29) is 0 Å². The average Bonchev–Trinajstić information content (AvgIpc) is 3.26. The fourth-order valence-electron chi connectivity index (χ4n) is 5.02. The van der Waals surface area contributed by atoms with Gasteiger partial charge in [-0.05, 0) is 12.1 Å². The Hall–Kier alpha value is -5.26. The maximum absolute atomic E-state index is 12.6. The van der Waals surface area contributed by atoms with Gasteiger partial charge >= 0.3 is 11.4 Å². The Labute approximate surface area is 211 Å². The lowest BCUT2D eigenvalue weighted by Gasteiger charge is -2.18. The molecule has 0 N–H and O–H groups in total. The number of carbonyl (C=O) groups excluding carboxylic acids is 2. The van der Waals surface area contributed by atoms with Crippen LogP contribution in [0.5, 0.6) is 23.0 Å². The summed E-state index contributed by atoms with van der Waals surface area (Å²) in [6.45, 7) is 2.66. The Morgan fingerprint density at radius 3 is 1.37 bits per heavy atom. The highest BCUT2D eigenvalue weighted by molar-refractivity contribution is 5.93. The van der Waals surface area contributed by atoms with Crippen molar-refractivity contribution in [3.63, 3.8) is 0 Å². The standard InChI is InChI=1S/C26H18N6O6/c1-11(33)31-19-5-13-23(9-17(19)29(3)25(31)35)37-21-8-16-22(7-15(21)27-13)38-24-10-18-20(6-14(24)28-16)32(12(2)34)26(36)30(18)4/h5-10H,1-4H3. The zero-order chi connectivity index (χ0) is 26.6. The molecule has 0 radical (unpaired) electrons. The summed E-state index contributed by atoms with van der Waals surface area (Å²) in [6, 6.07) is 10.0. The summed E-state index contributed by atoms with van der Waals surface area (Å²) < 4.78 is 17.2. The second-order valence-electron chi connectivity index (χ2n) is 9.22. The number of rotatable bonds is 0. The third-order valence-electron chi connectivity index (χ3n) is 6.87. The highest BCUT2D eigenvalue weighted by Crippen LogP contribution is 2.40. The molecule has 2 aliphatic rings. The minimum absolute atomic E-state index is 0.398. The number of hydrogen-bond donors (Lipinski definition) is 0. The summed E-state index contributed by atoms with van der Waals surface area (Å²) in [4.78, 5) is 58.7. The van der Waals surface area contributed by atoms with Crippen LogP contribution in [0.15, 0.2) is 56.0 Å². The first-order valence-corrected chi connectivity index (χ1v) is 11.6. The molecule has 0 saturated carbocycles. The van der Waals surface area contributed by atoms with Crippen molar-refractivity contribution in [3.05, 3.63) is 68.1 Å². The van der Waals surface area contributed by atoms with Gasteiger partial charge < -0.3 is 9.47 Å². The van der Waals surface area contributed by atoms with Gasteiger partial charge in [0.05, 0.1) is 22.1 Å². The van der Waals surface area contributed by atoms with Crippen molar-refractivity contribution in [2.45, 2.75) is 13.8 Å². The number of imidazole rings is 2. The first-order chi connectivity index (χ1) is 18.1. The summed E-state index contributed by atoms with van der Waals surface area (Å²) in [7, 11) is 3.17. The molecule has 4 heterocycles. The summed E-state index contributed by atoms with van der Waals surface area (Å²) in [5.74, 6) is 0.925. The molecule has 0 bridgehead atoms. The average molecular weight is 510 g/mol. The van der Waals surface area contributed by atoms with Crippen molar-refractivity contribution >= 4 is 45.3 Å². The van der Waals surface area contributed by atoms with E-state index < -0.39 is 23.2 Å². The predicted octanol–water partition coefficient (Wildman–Crippen LogP) is 2.43. The zero-order valence-electron chi connectivity index (χ0n) is 20.6. The van der Waals surface area contributed by atoms with Gasteiger partial charge in [0, 0.05) is 52.2 Å². The Morgan fingerprint density at radius 2 is 1.00 bits per heavy atom. The predicted molar refractivity (Wildman–Crippen MR) is 135 cm³/mol. The van der Waals surface area contributed by atoms with Gasteiger partial charge in [0.1, 0.15) is 22.1 Å². The van der Waals surface area contributed by atoms with E-state index in [0.717, 1.165) is 9.13 Å². The second kappa shape index (κ2) is 7.16. The Bertz CT molecular complexity index is 2050. The van der Waals surface area contributed by atoms with Crippen LogP contribution in [0, 0.1) is 0 Å². The van der Waals surface area contributed by atoms with Gasteiger partial charge in [-0.15, -0.1) is 0 Å². The van der Waals surface area contributed by atoms with E-state index in [1.807, 2.05) is 0 Å². The number of nitrogens with zero attached hydrogens (tertiary/aromatic N) is 6. The van der Waals surface area contributed by atoms with Gasteiger partial charge in [0.25, 0.3) is 0 Å². The minimum atomic E-state index is -0.449. The molecule has 7 rings (SSSR count). The van der Waals surface area contributed by atoms with Crippen LogP contribution in [0.3, 0.4) is 0 Å². The summed E-state index contributed by atoms with van der Waals surface area (Å²) in [5, 5.41) is 0.969. The maximum atomic E-state index is 12.6. The van der Waals surface area contributed by atoms with Gasteiger partial charge in [-0.2, -0.15) is 0 Å². The van der Waals surface area contributed by atoms with E-state index in [9.17, 15) is 19.2 Å². The molecular formula is C26H18N6O6. The molecule has 0 amide bonds. The fraction of sp³-hybridized carbons (Fsp3) is 0.154. The van der Waals surface area contributed by atoms with Gasteiger partial charge in [-0.3, -0.25) is 18.7 Å². The molecule has 0 fully saturated rings. The number of aromatic nitrogens is 4. The highest BCUT2D eigenvalue weighted by Gasteiger charge is 2.24. The molecule has 12 heteroatoms. The van der Waals surface area contributed by atoms with Gasteiger partial charge in [-0.25, -0.2) is 28.7 Å². The van der Waals surface area contributed by atoms with E-state index >= 15 is 0 Å². The first-order valence-electron chi connectivity index (χ1n) is 11.6. The van der Waals surface area contributed by atoms with Gasteiger partial charge in [-0.1, -0.05) is 0 Å². The number of ether oxygens (including phenoxy) is 2. The molecule has 0 aliphatic carbocycles. The van der Waals surface area contributed by atoms with E-state index in [0.29, 0.717) is 67.2 Å². The number of carbonyl (C=O) groups is 2. The van der Waals surface area contributed by atoms with Crippen LogP contribution in [0.25, 0.3) is 22.1 Å². The van der Waals surface area contributed by atoms with Crippen molar-refractivity contribution in [2.75, 3.05) is 0 Å². The molecule has 2 aromatic heterocycles. The molecule has 38 heavy (non-hydrogen) atoms. The van der Waals surface area contributed by atoms with Crippen molar-refractivity contribution in [2.24, 2.45) is 24.1 Å². The lowest BCUT2D eigenvalue weighted by molar-refractivity contribution is 0.0928. The number of aryl methyl sites for hydroxylation is 2. The number of benzene rings is 3. The second-order valence-corrected chi connectivity index (χ2v) is 9.22. The van der Waals surface area contributed by atoms with Crippen LogP contribution in [0.4, 0.5) is 11.4 Å².